The molecule has 19 heavy (non-hydrogen) atoms. The van der Waals surface area contributed by atoms with Crippen LogP contribution in [0.3, 0.4) is 0 Å². The number of rotatable bonds is 6. The van der Waals surface area contributed by atoms with E-state index in [1.54, 1.807) is 18.3 Å². The van der Waals surface area contributed by atoms with Gasteiger partial charge in [0.15, 0.2) is 5.15 Å². The van der Waals surface area contributed by atoms with Crippen LogP contribution in [0.4, 0.5) is 5.69 Å². The lowest BCUT2D eigenvalue weighted by atomic mass is 10.2. The lowest BCUT2D eigenvalue weighted by Gasteiger charge is -2.19. The van der Waals surface area contributed by atoms with Crippen molar-refractivity contribution in [2.24, 2.45) is 5.92 Å². The van der Waals surface area contributed by atoms with Crippen LogP contribution in [0.15, 0.2) is 18.3 Å². The van der Waals surface area contributed by atoms with Gasteiger partial charge in [-0.05, 0) is 37.9 Å². The molecular formula is C13H18ClN3O2. The average Bonchev–Trinajstić information content (AvgIpc) is 3.15. The summed E-state index contributed by atoms with van der Waals surface area (Å²) < 4.78 is 0. The highest BCUT2D eigenvalue weighted by Crippen LogP contribution is 2.32. The van der Waals surface area contributed by atoms with Crippen LogP contribution in [0.1, 0.15) is 12.8 Å². The molecule has 2 rings (SSSR count). The van der Waals surface area contributed by atoms with Crippen molar-refractivity contribution >= 4 is 23.2 Å². The van der Waals surface area contributed by atoms with Crippen LogP contribution in [-0.4, -0.2) is 47.1 Å². The van der Waals surface area contributed by atoms with Crippen molar-refractivity contribution in [1.82, 2.24) is 9.88 Å². The maximum atomic E-state index is 11.8. The molecule has 1 heterocycles. The quantitative estimate of drug-likeness (QED) is 0.774. The van der Waals surface area contributed by atoms with Crippen molar-refractivity contribution in [3.05, 3.63) is 23.5 Å². The SMILES string of the molecule is CN(CC(=O)Nc1cccnc1Cl)CC(O)C1CC1. The number of anilines is 1. The van der Waals surface area contributed by atoms with Crippen LogP contribution in [0.25, 0.3) is 0 Å². The van der Waals surface area contributed by atoms with Crippen molar-refractivity contribution in [1.29, 1.82) is 0 Å². The van der Waals surface area contributed by atoms with Gasteiger partial charge in [0.1, 0.15) is 0 Å². The average molecular weight is 284 g/mol. The Labute approximate surface area is 117 Å². The van der Waals surface area contributed by atoms with Crippen molar-refractivity contribution in [2.75, 3.05) is 25.5 Å². The highest BCUT2D eigenvalue weighted by Gasteiger charge is 2.30. The number of aliphatic hydroxyl groups is 1. The molecule has 1 unspecified atom stereocenters. The fourth-order valence-electron chi connectivity index (χ4n) is 1.93. The summed E-state index contributed by atoms with van der Waals surface area (Å²) in [5, 5.41) is 12.8. The third-order valence-electron chi connectivity index (χ3n) is 3.11. The third kappa shape index (κ3) is 4.45. The molecule has 1 fully saturated rings. The fraction of sp³-hybridized carbons (Fsp3) is 0.538. The number of hydrogen-bond donors (Lipinski definition) is 2. The lowest BCUT2D eigenvalue weighted by molar-refractivity contribution is -0.117. The zero-order valence-corrected chi connectivity index (χ0v) is 11.6. The van der Waals surface area contributed by atoms with Gasteiger partial charge in [0.05, 0.1) is 18.3 Å². The molecule has 1 atom stereocenters. The second-order valence-electron chi connectivity index (χ2n) is 4.99. The van der Waals surface area contributed by atoms with E-state index in [0.717, 1.165) is 12.8 Å². The Kier molecular flexibility index (Phi) is 4.74. The summed E-state index contributed by atoms with van der Waals surface area (Å²) in [7, 11) is 1.82. The number of nitrogens with zero attached hydrogens (tertiary/aromatic N) is 2. The summed E-state index contributed by atoms with van der Waals surface area (Å²) in [5.41, 5.74) is 0.505. The van der Waals surface area contributed by atoms with E-state index < -0.39 is 0 Å². The fourth-order valence-corrected chi connectivity index (χ4v) is 2.09. The number of carbonyl (C=O) groups excluding carboxylic acids is 1. The van der Waals surface area contributed by atoms with Gasteiger partial charge in [0.2, 0.25) is 5.91 Å². The van der Waals surface area contributed by atoms with E-state index in [1.165, 1.54) is 0 Å². The van der Waals surface area contributed by atoms with Gasteiger partial charge in [-0.15, -0.1) is 0 Å². The summed E-state index contributed by atoms with van der Waals surface area (Å²) in [6.45, 7) is 0.730. The molecule has 6 heteroatoms. The Morgan fingerprint density at radius 2 is 2.42 bits per heavy atom. The third-order valence-corrected chi connectivity index (χ3v) is 3.41. The zero-order valence-electron chi connectivity index (χ0n) is 10.8. The van der Waals surface area contributed by atoms with Gasteiger partial charge >= 0.3 is 0 Å². The van der Waals surface area contributed by atoms with Crippen molar-refractivity contribution in [3.8, 4) is 0 Å². The molecule has 1 aromatic heterocycles. The van der Waals surface area contributed by atoms with Crippen molar-refractivity contribution < 1.29 is 9.90 Å². The number of carbonyl (C=O) groups is 1. The molecule has 0 spiro atoms. The van der Waals surface area contributed by atoms with E-state index in [0.29, 0.717) is 18.2 Å². The Morgan fingerprint density at radius 1 is 1.68 bits per heavy atom. The largest absolute Gasteiger partial charge is 0.392 e. The highest BCUT2D eigenvalue weighted by atomic mass is 35.5. The van der Waals surface area contributed by atoms with Crippen LogP contribution in [0.2, 0.25) is 5.15 Å². The number of amides is 1. The molecule has 0 aliphatic heterocycles. The highest BCUT2D eigenvalue weighted by molar-refractivity contribution is 6.32. The molecule has 1 saturated carbocycles. The first kappa shape index (κ1) is 14.2. The van der Waals surface area contributed by atoms with E-state index in [1.807, 2.05) is 11.9 Å². The molecule has 104 valence electrons. The summed E-state index contributed by atoms with van der Waals surface area (Å²) in [4.78, 5) is 17.5. The molecule has 0 aromatic carbocycles. The van der Waals surface area contributed by atoms with Crippen LogP contribution < -0.4 is 5.32 Å². The number of likely N-dealkylation sites (N-methyl/N-ethyl adjacent to an activating group) is 1. The standard InChI is InChI=1S/C13H18ClN3O2/c1-17(7-11(18)9-4-5-9)8-12(19)16-10-3-2-6-15-13(10)14/h2-3,6,9,11,18H,4-5,7-8H2,1H3,(H,16,19). The van der Waals surface area contributed by atoms with Gasteiger partial charge < -0.3 is 10.4 Å². The molecule has 2 N–H and O–H groups in total. The summed E-state index contributed by atoms with van der Waals surface area (Å²) in [5.74, 6) is 0.249. The topological polar surface area (TPSA) is 65.5 Å². The predicted octanol–water partition coefficient (Wildman–Crippen LogP) is 1.38. The minimum Gasteiger partial charge on any atom is -0.392 e. The van der Waals surface area contributed by atoms with Crippen LogP contribution in [0, 0.1) is 5.92 Å². The number of aromatic nitrogens is 1. The van der Waals surface area contributed by atoms with Gasteiger partial charge in [-0.1, -0.05) is 11.6 Å². The molecule has 0 radical (unpaired) electrons. The molecule has 0 saturated heterocycles. The summed E-state index contributed by atoms with van der Waals surface area (Å²) >= 11 is 5.86. The number of hydrogen-bond acceptors (Lipinski definition) is 4. The van der Waals surface area contributed by atoms with E-state index >= 15 is 0 Å². The second-order valence-corrected chi connectivity index (χ2v) is 5.35. The number of pyridine rings is 1. The molecule has 1 aliphatic carbocycles. The first-order chi connectivity index (χ1) is 9.06. The van der Waals surface area contributed by atoms with Gasteiger partial charge in [-0.3, -0.25) is 9.69 Å². The van der Waals surface area contributed by atoms with Gasteiger partial charge in [0, 0.05) is 12.7 Å². The van der Waals surface area contributed by atoms with Gasteiger partial charge in [0.25, 0.3) is 0 Å². The first-order valence-corrected chi connectivity index (χ1v) is 6.71. The number of halogens is 1. The van der Waals surface area contributed by atoms with E-state index in [9.17, 15) is 9.90 Å². The maximum absolute atomic E-state index is 11.8. The number of aliphatic hydroxyl groups excluding tert-OH is 1. The second kappa shape index (κ2) is 6.32. The van der Waals surface area contributed by atoms with Crippen LogP contribution in [-0.2, 0) is 4.79 Å². The Bertz CT molecular complexity index is 451. The monoisotopic (exact) mass is 283 g/mol. The number of nitrogens with one attached hydrogen (secondary N) is 1. The maximum Gasteiger partial charge on any atom is 0.238 e. The minimum atomic E-state index is -0.334. The van der Waals surface area contributed by atoms with Gasteiger partial charge in [-0.25, -0.2) is 4.98 Å². The molecule has 1 amide bonds. The first-order valence-electron chi connectivity index (χ1n) is 6.33. The molecule has 1 aromatic rings. The van der Waals surface area contributed by atoms with Gasteiger partial charge in [-0.2, -0.15) is 0 Å². The van der Waals surface area contributed by atoms with E-state index in [4.69, 9.17) is 11.6 Å². The molecule has 1 aliphatic rings. The van der Waals surface area contributed by atoms with Crippen LogP contribution >= 0.6 is 11.6 Å². The molecule has 5 nitrogen and oxygen atoms in total. The lowest BCUT2D eigenvalue weighted by Crippen LogP contribution is -2.36. The smallest absolute Gasteiger partial charge is 0.238 e. The Balaban J connectivity index is 1.78. The molecule has 0 bridgehead atoms. The normalized spacial score (nSPS) is 16.4. The summed E-state index contributed by atoms with van der Waals surface area (Å²) in [6, 6.07) is 3.41. The van der Waals surface area contributed by atoms with Crippen molar-refractivity contribution in [2.45, 2.75) is 18.9 Å². The van der Waals surface area contributed by atoms with E-state index in [2.05, 4.69) is 10.3 Å². The van der Waals surface area contributed by atoms with Crippen molar-refractivity contribution in [3.63, 3.8) is 0 Å². The Hall–Kier alpha value is -1.17. The van der Waals surface area contributed by atoms with E-state index in [-0.39, 0.29) is 23.7 Å². The summed E-state index contributed by atoms with van der Waals surface area (Å²) in [6.07, 6.45) is 3.41. The molecular weight excluding hydrogens is 266 g/mol. The zero-order chi connectivity index (χ0) is 13.8. The van der Waals surface area contributed by atoms with Crippen LogP contribution in [0.5, 0.6) is 0 Å². The Morgan fingerprint density at radius 3 is 3.05 bits per heavy atom. The minimum absolute atomic E-state index is 0.166. The predicted molar refractivity (Wildman–Crippen MR) is 74.1 cm³/mol.